The van der Waals surface area contributed by atoms with E-state index in [4.69, 9.17) is 0 Å². The van der Waals surface area contributed by atoms with Gasteiger partial charge in [0.25, 0.3) is 0 Å². The summed E-state index contributed by atoms with van der Waals surface area (Å²) in [4.78, 5) is 12.7. The van der Waals surface area contributed by atoms with Crippen LogP contribution in [0.3, 0.4) is 0 Å². The number of allylic oxidation sites excluding steroid dienone is 2. The molecule has 2 heteroatoms. The molecule has 0 saturated carbocycles. The zero-order valence-electron chi connectivity index (χ0n) is 14.5. The van der Waals surface area contributed by atoms with Crippen LogP contribution in [0.25, 0.3) is 0 Å². The van der Waals surface area contributed by atoms with Crippen molar-refractivity contribution in [1.82, 2.24) is 0 Å². The van der Waals surface area contributed by atoms with Crippen molar-refractivity contribution in [1.29, 1.82) is 0 Å². The van der Waals surface area contributed by atoms with Crippen molar-refractivity contribution < 1.29 is 4.79 Å². The van der Waals surface area contributed by atoms with Crippen LogP contribution < -0.4 is 5.19 Å². The Morgan fingerprint density at radius 1 is 1.00 bits per heavy atom. The minimum Gasteiger partial charge on any atom is -0.294 e. The third kappa shape index (κ3) is 4.08. The van der Waals surface area contributed by atoms with Crippen LogP contribution in [0.5, 0.6) is 0 Å². The highest BCUT2D eigenvalue weighted by Gasteiger charge is 2.35. The van der Waals surface area contributed by atoms with Crippen molar-refractivity contribution in [2.24, 2.45) is 0 Å². The number of ketones is 1. The lowest BCUT2D eigenvalue weighted by Gasteiger charge is -2.34. The Balaban J connectivity index is 2.33. The maximum atomic E-state index is 12.7. The quantitative estimate of drug-likeness (QED) is 0.405. The fourth-order valence-electron chi connectivity index (χ4n) is 3.18. The summed E-state index contributed by atoms with van der Waals surface area (Å²) in [7, 11) is -1.78. The van der Waals surface area contributed by atoms with Crippen LogP contribution in [0.1, 0.15) is 30.6 Å². The highest BCUT2D eigenvalue weighted by atomic mass is 28.3. The molecule has 2 aromatic carbocycles. The van der Waals surface area contributed by atoms with Crippen LogP contribution >= 0.6 is 0 Å². The van der Waals surface area contributed by atoms with E-state index in [1.54, 1.807) is 0 Å². The SMILES string of the molecule is C/C=C(\C)[C@@H](CC(=O)c1ccccc1)[Si](C)(C)c1ccccc1. The summed E-state index contributed by atoms with van der Waals surface area (Å²) < 4.78 is 0. The zero-order valence-corrected chi connectivity index (χ0v) is 15.5. The van der Waals surface area contributed by atoms with Crippen LogP contribution in [-0.4, -0.2) is 13.9 Å². The number of rotatable bonds is 6. The molecule has 0 fully saturated rings. The Morgan fingerprint density at radius 3 is 2.04 bits per heavy atom. The smallest absolute Gasteiger partial charge is 0.163 e. The van der Waals surface area contributed by atoms with E-state index in [1.807, 2.05) is 30.3 Å². The molecule has 1 nitrogen and oxygen atoms in total. The number of carbonyl (C=O) groups is 1. The van der Waals surface area contributed by atoms with Crippen molar-refractivity contribution >= 4 is 19.0 Å². The van der Waals surface area contributed by atoms with Crippen molar-refractivity contribution in [2.75, 3.05) is 0 Å². The maximum Gasteiger partial charge on any atom is 0.163 e. The molecule has 0 unspecified atom stereocenters. The van der Waals surface area contributed by atoms with E-state index in [2.05, 4.69) is 63.3 Å². The second kappa shape index (κ2) is 7.56. The first-order valence-electron chi connectivity index (χ1n) is 8.23. The maximum absolute atomic E-state index is 12.7. The molecule has 0 bridgehead atoms. The third-order valence-corrected chi connectivity index (χ3v) is 9.10. The van der Waals surface area contributed by atoms with Gasteiger partial charge in [-0.15, -0.1) is 0 Å². The molecule has 0 aliphatic carbocycles. The van der Waals surface area contributed by atoms with E-state index in [9.17, 15) is 4.79 Å². The molecule has 23 heavy (non-hydrogen) atoms. The van der Waals surface area contributed by atoms with Gasteiger partial charge in [0.05, 0.1) is 8.07 Å². The predicted molar refractivity (Wildman–Crippen MR) is 102 cm³/mol. The average Bonchev–Trinajstić information content (AvgIpc) is 2.60. The lowest BCUT2D eigenvalue weighted by atomic mass is 10.0. The molecular weight excluding hydrogens is 296 g/mol. The fourth-order valence-corrected chi connectivity index (χ4v) is 6.64. The highest BCUT2D eigenvalue weighted by molar-refractivity contribution is 6.91. The van der Waals surface area contributed by atoms with Gasteiger partial charge in [-0.3, -0.25) is 4.79 Å². The first-order valence-corrected chi connectivity index (χ1v) is 11.3. The summed E-state index contributed by atoms with van der Waals surface area (Å²) in [6.45, 7) is 8.99. The lowest BCUT2D eigenvalue weighted by Crippen LogP contribution is -2.47. The summed E-state index contributed by atoms with van der Waals surface area (Å²) in [5.41, 5.74) is 2.47. The number of carbonyl (C=O) groups excluding carboxylic acids is 1. The monoisotopic (exact) mass is 322 g/mol. The summed E-state index contributed by atoms with van der Waals surface area (Å²) in [5, 5.41) is 1.41. The first-order chi connectivity index (χ1) is 11.0. The van der Waals surface area contributed by atoms with Gasteiger partial charge in [-0.05, 0) is 19.4 Å². The third-order valence-electron chi connectivity index (χ3n) is 4.88. The Morgan fingerprint density at radius 2 is 1.52 bits per heavy atom. The van der Waals surface area contributed by atoms with Gasteiger partial charge in [0.1, 0.15) is 0 Å². The molecule has 2 aromatic rings. The van der Waals surface area contributed by atoms with Gasteiger partial charge in [-0.25, -0.2) is 0 Å². The predicted octanol–water partition coefficient (Wildman–Crippen LogP) is 5.21. The van der Waals surface area contributed by atoms with Crippen LogP contribution in [-0.2, 0) is 0 Å². The molecule has 2 rings (SSSR count). The molecule has 0 saturated heterocycles. The van der Waals surface area contributed by atoms with Gasteiger partial charge < -0.3 is 0 Å². The van der Waals surface area contributed by atoms with Crippen LogP contribution in [0.4, 0.5) is 0 Å². The number of hydrogen-bond acceptors (Lipinski definition) is 1. The first kappa shape index (κ1) is 17.4. The van der Waals surface area contributed by atoms with Crippen molar-refractivity contribution in [3.05, 3.63) is 77.9 Å². The minimum atomic E-state index is -1.78. The van der Waals surface area contributed by atoms with Crippen molar-refractivity contribution in [2.45, 2.75) is 38.9 Å². The second-order valence-electron chi connectivity index (χ2n) is 6.67. The van der Waals surface area contributed by atoms with Gasteiger partial charge >= 0.3 is 0 Å². The summed E-state index contributed by atoms with van der Waals surface area (Å²) in [6.07, 6.45) is 2.76. The molecule has 0 aromatic heterocycles. The molecule has 0 N–H and O–H groups in total. The topological polar surface area (TPSA) is 17.1 Å². The molecule has 0 amide bonds. The molecule has 1 atom stereocenters. The van der Waals surface area contributed by atoms with Crippen LogP contribution in [0, 0.1) is 0 Å². The Labute approximate surface area is 141 Å². The van der Waals surface area contributed by atoms with Gasteiger partial charge in [0, 0.05) is 12.0 Å². The minimum absolute atomic E-state index is 0.244. The zero-order chi connectivity index (χ0) is 16.9. The number of hydrogen-bond donors (Lipinski definition) is 0. The molecule has 0 aliphatic heterocycles. The number of Topliss-reactive ketones (excluding diaryl/α,β-unsaturated/α-hetero) is 1. The molecule has 0 aliphatic rings. The van der Waals surface area contributed by atoms with Crippen molar-refractivity contribution in [3.63, 3.8) is 0 Å². The lowest BCUT2D eigenvalue weighted by molar-refractivity contribution is 0.0982. The van der Waals surface area contributed by atoms with E-state index < -0.39 is 8.07 Å². The van der Waals surface area contributed by atoms with Crippen LogP contribution in [0.2, 0.25) is 18.6 Å². The van der Waals surface area contributed by atoms with E-state index >= 15 is 0 Å². The molecule has 0 heterocycles. The largest absolute Gasteiger partial charge is 0.294 e. The molecule has 0 radical (unpaired) electrons. The second-order valence-corrected chi connectivity index (χ2v) is 11.4. The van der Waals surface area contributed by atoms with Crippen LogP contribution in [0.15, 0.2) is 72.3 Å². The standard InChI is InChI=1S/C21H26OSi/c1-5-17(2)21(16-20(22)18-12-8-6-9-13-18)23(3,4)19-14-10-7-11-15-19/h5-15,21H,16H2,1-4H3/b17-5+/t21-/m1/s1. The van der Waals surface area contributed by atoms with E-state index in [0.29, 0.717) is 12.0 Å². The summed E-state index contributed by atoms with van der Waals surface area (Å²) in [5.74, 6) is 0.244. The van der Waals surface area contributed by atoms with E-state index in [0.717, 1.165) is 5.56 Å². The molecular formula is C21H26OSi. The van der Waals surface area contributed by atoms with Gasteiger partial charge in [-0.2, -0.15) is 0 Å². The van der Waals surface area contributed by atoms with Gasteiger partial charge in [-0.1, -0.05) is 90.6 Å². The number of benzene rings is 2. The normalized spacial score (nSPS) is 13.7. The van der Waals surface area contributed by atoms with E-state index in [1.165, 1.54) is 10.8 Å². The van der Waals surface area contributed by atoms with Gasteiger partial charge in [0.15, 0.2) is 5.78 Å². The van der Waals surface area contributed by atoms with Crippen molar-refractivity contribution in [3.8, 4) is 0 Å². The summed E-state index contributed by atoms with van der Waals surface area (Å²) in [6, 6.07) is 20.4. The summed E-state index contributed by atoms with van der Waals surface area (Å²) >= 11 is 0. The molecule has 0 spiro atoms. The highest BCUT2D eigenvalue weighted by Crippen LogP contribution is 2.34. The Kier molecular flexibility index (Phi) is 5.73. The van der Waals surface area contributed by atoms with E-state index in [-0.39, 0.29) is 5.78 Å². The molecule has 120 valence electrons. The fraction of sp³-hybridized carbons (Fsp3) is 0.286. The average molecular weight is 323 g/mol. The Bertz CT molecular complexity index is 672. The van der Waals surface area contributed by atoms with Gasteiger partial charge in [0.2, 0.25) is 0 Å². The Hall–Kier alpha value is -1.93.